The Labute approximate surface area is 162 Å². The van der Waals surface area contributed by atoms with Gasteiger partial charge in [0.15, 0.2) is 0 Å². The van der Waals surface area contributed by atoms with E-state index < -0.39 is 0 Å². The average molecular weight is 375 g/mol. The molecule has 0 amide bonds. The lowest BCUT2D eigenvalue weighted by molar-refractivity contribution is 0.501. The highest BCUT2D eigenvalue weighted by molar-refractivity contribution is 7.19. The minimum atomic E-state index is 0.693. The summed E-state index contributed by atoms with van der Waals surface area (Å²) in [4.78, 5) is 14.3. The van der Waals surface area contributed by atoms with Crippen molar-refractivity contribution < 1.29 is 4.42 Å². The van der Waals surface area contributed by atoms with Crippen molar-refractivity contribution in [3.63, 3.8) is 0 Å². The van der Waals surface area contributed by atoms with Crippen LogP contribution in [-0.2, 0) is 25.9 Å². The Morgan fingerprint density at radius 3 is 2.70 bits per heavy atom. The molecule has 1 aromatic carbocycles. The standard InChI is InChI=1S/C22H21N3OS/c1-2-7-16(8-3-1)13-25(14-17-9-6-12-26-17)21-20-18-10-4-5-11-19(18)27-22(20)24-15-23-21/h1-3,6-9,12,15H,4-5,10-11,13-14H2. The maximum atomic E-state index is 5.65. The van der Waals surface area contributed by atoms with Crippen LogP contribution in [-0.4, -0.2) is 9.97 Å². The zero-order chi connectivity index (χ0) is 18.1. The number of benzene rings is 1. The van der Waals surface area contributed by atoms with E-state index in [-0.39, 0.29) is 0 Å². The third-order valence-electron chi connectivity index (χ3n) is 5.17. The zero-order valence-electron chi connectivity index (χ0n) is 15.1. The van der Waals surface area contributed by atoms with Gasteiger partial charge in [-0.15, -0.1) is 11.3 Å². The fraction of sp³-hybridized carbons (Fsp3) is 0.273. The third-order valence-corrected chi connectivity index (χ3v) is 6.37. The van der Waals surface area contributed by atoms with Crippen LogP contribution in [0.5, 0.6) is 0 Å². The molecule has 4 aromatic rings. The fourth-order valence-corrected chi connectivity index (χ4v) is 5.14. The summed E-state index contributed by atoms with van der Waals surface area (Å²) in [6.45, 7) is 1.48. The maximum absolute atomic E-state index is 5.65. The van der Waals surface area contributed by atoms with E-state index in [0.717, 1.165) is 29.4 Å². The smallest absolute Gasteiger partial charge is 0.141 e. The molecule has 0 fully saturated rings. The van der Waals surface area contributed by atoms with Gasteiger partial charge in [0, 0.05) is 11.4 Å². The molecular formula is C22H21N3OS. The quantitative estimate of drug-likeness (QED) is 0.470. The second kappa shape index (κ2) is 7.16. The molecule has 136 valence electrons. The van der Waals surface area contributed by atoms with E-state index in [0.29, 0.717) is 6.54 Å². The van der Waals surface area contributed by atoms with E-state index >= 15 is 0 Å². The molecule has 5 rings (SSSR count). The van der Waals surface area contributed by atoms with Gasteiger partial charge >= 0.3 is 0 Å². The summed E-state index contributed by atoms with van der Waals surface area (Å²) in [7, 11) is 0. The maximum Gasteiger partial charge on any atom is 0.141 e. The van der Waals surface area contributed by atoms with E-state index in [4.69, 9.17) is 9.40 Å². The first-order valence-corrected chi connectivity index (χ1v) is 10.3. The van der Waals surface area contributed by atoms with Crippen LogP contribution in [0.25, 0.3) is 10.2 Å². The van der Waals surface area contributed by atoms with E-state index in [1.54, 1.807) is 12.6 Å². The number of rotatable bonds is 5. The summed E-state index contributed by atoms with van der Waals surface area (Å²) in [5.41, 5.74) is 2.73. The van der Waals surface area contributed by atoms with Gasteiger partial charge in [-0.3, -0.25) is 0 Å². The molecule has 0 aliphatic heterocycles. The largest absolute Gasteiger partial charge is 0.467 e. The van der Waals surface area contributed by atoms with Crippen molar-refractivity contribution >= 4 is 27.4 Å². The first-order chi connectivity index (χ1) is 13.4. The van der Waals surface area contributed by atoms with Crippen LogP contribution in [0.4, 0.5) is 5.82 Å². The minimum absolute atomic E-state index is 0.693. The lowest BCUT2D eigenvalue weighted by atomic mass is 9.97. The number of aromatic nitrogens is 2. The Bertz CT molecular complexity index is 1040. The third kappa shape index (κ3) is 3.23. The van der Waals surface area contributed by atoms with Crippen LogP contribution >= 0.6 is 11.3 Å². The van der Waals surface area contributed by atoms with E-state index in [1.807, 2.05) is 23.5 Å². The second-order valence-electron chi connectivity index (χ2n) is 7.01. The second-order valence-corrected chi connectivity index (χ2v) is 8.09. The number of anilines is 1. The topological polar surface area (TPSA) is 42.2 Å². The molecule has 0 bridgehead atoms. The van der Waals surface area contributed by atoms with Gasteiger partial charge in [-0.05, 0) is 48.9 Å². The van der Waals surface area contributed by atoms with Crippen LogP contribution in [0.3, 0.4) is 0 Å². The van der Waals surface area contributed by atoms with Crippen molar-refractivity contribution in [3.05, 3.63) is 76.8 Å². The van der Waals surface area contributed by atoms with Gasteiger partial charge in [0.1, 0.15) is 22.7 Å². The molecule has 3 aromatic heterocycles. The molecule has 0 saturated carbocycles. The highest BCUT2D eigenvalue weighted by Gasteiger charge is 2.23. The van der Waals surface area contributed by atoms with Crippen LogP contribution in [0.1, 0.15) is 34.6 Å². The monoisotopic (exact) mass is 375 g/mol. The molecule has 0 atom stereocenters. The lowest BCUT2D eigenvalue weighted by Gasteiger charge is -2.24. The summed E-state index contributed by atoms with van der Waals surface area (Å²) >= 11 is 1.84. The number of nitrogens with zero attached hydrogens (tertiary/aromatic N) is 3. The van der Waals surface area contributed by atoms with Crippen LogP contribution in [0, 0.1) is 0 Å². The van der Waals surface area contributed by atoms with Crippen molar-refractivity contribution in [1.82, 2.24) is 9.97 Å². The first-order valence-electron chi connectivity index (χ1n) is 9.45. The Morgan fingerprint density at radius 1 is 0.963 bits per heavy atom. The van der Waals surface area contributed by atoms with Gasteiger partial charge < -0.3 is 9.32 Å². The minimum Gasteiger partial charge on any atom is -0.467 e. The number of hydrogen-bond acceptors (Lipinski definition) is 5. The van der Waals surface area contributed by atoms with Gasteiger partial charge in [0.05, 0.1) is 18.2 Å². The molecule has 0 saturated heterocycles. The molecule has 0 N–H and O–H groups in total. The molecule has 1 aliphatic carbocycles. The molecule has 0 spiro atoms. The summed E-state index contributed by atoms with van der Waals surface area (Å²) in [6.07, 6.45) is 8.28. The molecule has 4 nitrogen and oxygen atoms in total. The van der Waals surface area contributed by atoms with Gasteiger partial charge in [0.25, 0.3) is 0 Å². The number of fused-ring (bicyclic) bond motifs is 3. The molecular weight excluding hydrogens is 354 g/mol. The van der Waals surface area contributed by atoms with Crippen LogP contribution < -0.4 is 4.90 Å². The fourth-order valence-electron chi connectivity index (χ4n) is 3.91. The van der Waals surface area contributed by atoms with Crippen molar-refractivity contribution in [1.29, 1.82) is 0 Å². The molecule has 1 aliphatic rings. The Hall–Kier alpha value is -2.66. The molecule has 5 heteroatoms. The Kier molecular flexibility index (Phi) is 4.38. The first kappa shape index (κ1) is 16.5. The lowest BCUT2D eigenvalue weighted by Crippen LogP contribution is -2.23. The average Bonchev–Trinajstić information content (AvgIpc) is 3.35. The van der Waals surface area contributed by atoms with Crippen LogP contribution in [0.15, 0.2) is 59.5 Å². The number of furan rings is 1. The SMILES string of the molecule is c1ccc(CN(Cc2ccco2)c2ncnc3sc4c(c23)CCCC4)cc1. The Balaban J connectivity index is 1.61. The molecule has 3 heterocycles. The Morgan fingerprint density at radius 2 is 1.85 bits per heavy atom. The van der Waals surface area contributed by atoms with E-state index in [1.165, 1.54) is 40.7 Å². The van der Waals surface area contributed by atoms with Crippen molar-refractivity contribution in [2.75, 3.05) is 4.90 Å². The van der Waals surface area contributed by atoms with Gasteiger partial charge in [-0.1, -0.05) is 30.3 Å². The predicted molar refractivity (Wildman–Crippen MR) is 109 cm³/mol. The number of hydrogen-bond donors (Lipinski definition) is 0. The van der Waals surface area contributed by atoms with Gasteiger partial charge in [-0.2, -0.15) is 0 Å². The normalized spacial score (nSPS) is 13.6. The highest BCUT2D eigenvalue weighted by Crippen LogP contribution is 2.39. The molecule has 27 heavy (non-hydrogen) atoms. The van der Waals surface area contributed by atoms with E-state index in [2.05, 4.69) is 40.2 Å². The summed E-state index contributed by atoms with van der Waals surface area (Å²) in [5, 5.41) is 1.25. The summed E-state index contributed by atoms with van der Waals surface area (Å²) < 4.78 is 5.65. The van der Waals surface area contributed by atoms with E-state index in [9.17, 15) is 0 Å². The van der Waals surface area contributed by atoms with Crippen molar-refractivity contribution in [2.24, 2.45) is 0 Å². The number of thiophene rings is 1. The van der Waals surface area contributed by atoms with Gasteiger partial charge in [0.2, 0.25) is 0 Å². The van der Waals surface area contributed by atoms with Crippen molar-refractivity contribution in [3.8, 4) is 0 Å². The van der Waals surface area contributed by atoms with Gasteiger partial charge in [-0.25, -0.2) is 9.97 Å². The molecule has 0 radical (unpaired) electrons. The predicted octanol–water partition coefficient (Wildman–Crippen LogP) is 5.37. The zero-order valence-corrected chi connectivity index (χ0v) is 15.9. The number of aryl methyl sites for hydroxylation is 2. The molecule has 0 unspecified atom stereocenters. The summed E-state index contributed by atoms with van der Waals surface area (Å²) in [5.74, 6) is 1.97. The highest BCUT2D eigenvalue weighted by atomic mass is 32.1. The van der Waals surface area contributed by atoms with Crippen LogP contribution in [0.2, 0.25) is 0 Å². The summed E-state index contributed by atoms with van der Waals surface area (Å²) in [6, 6.07) is 14.5. The van der Waals surface area contributed by atoms with Crippen molar-refractivity contribution in [2.45, 2.75) is 38.8 Å².